The molecular formula is C18H33N3. The molecule has 0 aliphatic carbocycles. The van der Waals surface area contributed by atoms with Crippen molar-refractivity contribution < 1.29 is 0 Å². The summed E-state index contributed by atoms with van der Waals surface area (Å²) in [5.41, 5.74) is 3.04. The maximum atomic E-state index is 2.59. The van der Waals surface area contributed by atoms with Gasteiger partial charge in [-0.05, 0) is 45.4 Å². The van der Waals surface area contributed by atoms with E-state index in [2.05, 4.69) is 48.0 Å². The van der Waals surface area contributed by atoms with Crippen LogP contribution in [0.1, 0.15) is 52.4 Å². The van der Waals surface area contributed by atoms with Gasteiger partial charge in [-0.2, -0.15) is 0 Å². The Labute approximate surface area is 131 Å². The van der Waals surface area contributed by atoms with Gasteiger partial charge in [-0.3, -0.25) is 0 Å². The average molecular weight is 291 g/mol. The lowest BCUT2D eigenvalue weighted by Gasteiger charge is -2.39. The van der Waals surface area contributed by atoms with Gasteiger partial charge >= 0.3 is 0 Å². The maximum absolute atomic E-state index is 2.59. The molecule has 0 aromatic rings. The second kappa shape index (κ2) is 8.60. The fourth-order valence-electron chi connectivity index (χ4n) is 3.35. The van der Waals surface area contributed by atoms with Crippen molar-refractivity contribution in [3.63, 3.8) is 0 Å². The lowest BCUT2D eigenvalue weighted by atomic mass is 10.0. The Hall–Kier alpha value is -0.800. The van der Waals surface area contributed by atoms with Gasteiger partial charge in [-0.25, -0.2) is 5.01 Å². The number of likely N-dealkylation sites (N-methyl/N-ethyl adjacent to an activating group) is 1. The second-order valence-corrected chi connectivity index (χ2v) is 6.54. The van der Waals surface area contributed by atoms with Gasteiger partial charge in [0.05, 0.1) is 6.54 Å². The van der Waals surface area contributed by atoms with Crippen LogP contribution in [0.25, 0.3) is 0 Å². The van der Waals surface area contributed by atoms with Gasteiger partial charge in [0.2, 0.25) is 0 Å². The van der Waals surface area contributed by atoms with Gasteiger partial charge in [-0.15, -0.1) is 0 Å². The van der Waals surface area contributed by atoms with E-state index in [9.17, 15) is 0 Å². The van der Waals surface area contributed by atoms with Crippen molar-refractivity contribution in [2.24, 2.45) is 0 Å². The van der Waals surface area contributed by atoms with E-state index in [-0.39, 0.29) is 0 Å². The molecule has 0 amide bonds. The van der Waals surface area contributed by atoms with Gasteiger partial charge in [0.25, 0.3) is 0 Å². The molecule has 0 atom stereocenters. The highest BCUT2D eigenvalue weighted by Crippen LogP contribution is 2.25. The number of nitrogens with zero attached hydrogens (tertiary/aromatic N) is 3. The molecule has 0 aromatic heterocycles. The molecule has 120 valence electrons. The van der Waals surface area contributed by atoms with E-state index in [0.717, 1.165) is 13.1 Å². The van der Waals surface area contributed by atoms with E-state index in [1.54, 1.807) is 5.70 Å². The molecule has 0 unspecified atom stereocenters. The topological polar surface area (TPSA) is 9.72 Å². The highest BCUT2D eigenvalue weighted by atomic mass is 15.6. The number of rotatable bonds is 6. The summed E-state index contributed by atoms with van der Waals surface area (Å²) in [6, 6.07) is 0. The molecule has 0 N–H and O–H groups in total. The number of unbranched alkanes of at least 4 members (excludes halogenated alkanes) is 3. The largest absolute Gasteiger partial charge is 0.306 e. The van der Waals surface area contributed by atoms with Crippen LogP contribution >= 0.6 is 0 Å². The van der Waals surface area contributed by atoms with Gasteiger partial charge in [-0.1, -0.05) is 38.3 Å². The fourth-order valence-corrected chi connectivity index (χ4v) is 3.35. The first-order valence-electron chi connectivity index (χ1n) is 8.79. The maximum Gasteiger partial charge on any atom is 0.0527 e. The van der Waals surface area contributed by atoms with E-state index < -0.39 is 0 Å². The first kappa shape index (κ1) is 16.6. The Kier molecular flexibility index (Phi) is 6.78. The minimum atomic E-state index is 1.06. The van der Waals surface area contributed by atoms with E-state index in [0.29, 0.717) is 0 Å². The van der Waals surface area contributed by atoms with Gasteiger partial charge in [0.1, 0.15) is 0 Å². The molecule has 3 nitrogen and oxygen atoms in total. The van der Waals surface area contributed by atoms with Crippen LogP contribution in [0.4, 0.5) is 0 Å². The molecular weight excluding hydrogens is 258 g/mol. The van der Waals surface area contributed by atoms with Crippen LogP contribution in [0.5, 0.6) is 0 Å². The van der Waals surface area contributed by atoms with Crippen molar-refractivity contribution >= 4 is 0 Å². The third kappa shape index (κ3) is 4.86. The molecule has 0 saturated carbocycles. The zero-order valence-electron chi connectivity index (χ0n) is 14.3. The number of hydrogen-bond donors (Lipinski definition) is 0. The SMILES string of the molecule is CCCCCCC1=C(C)C=CCN1N1CCCN(C)CC1. The molecule has 1 fully saturated rings. The van der Waals surface area contributed by atoms with E-state index >= 15 is 0 Å². The zero-order chi connectivity index (χ0) is 15.1. The summed E-state index contributed by atoms with van der Waals surface area (Å²) < 4.78 is 0. The lowest BCUT2D eigenvalue weighted by Crippen LogP contribution is -2.45. The monoisotopic (exact) mass is 291 g/mol. The Morgan fingerprint density at radius 3 is 2.71 bits per heavy atom. The second-order valence-electron chi connectivity index (χ2n) is 6.54. The quantitative estimate of drug-likeness (QED) is 0.692. The highest BCUT2D eigenvalue weighted by Gasteiger charge is 2.22. The molecule has 21 heavy (non-hydrogen) atoms. The van der Waals surface area contributed by atoms with Crippen LogP contribution in [0.3, 0.4) is 0 Å². The van der Waals surface area contributed by atoms with Crippen molar-refractivity contribution in [1.29, 1.82) is 0 Å². The third-order valence-corrected chi connectivity index (χ3v) is 4.72. The first-order valence-corrected chi connectivity index (χ1v) is 8.79. The van der Waals surface area contributed by atoms with E-state index in [1.165, 1.54) is 63.7 Å². The summed E-state index contributed by atoms with van der Waals surface area (Å²) in [5, 5.41) is 5.16. The molecule has 3 heteroatoms. The van der Waals surface area contributed by atoms with Crippen molar-refractivity contribution in [1.82, 2.24) is 14.9 Å². The van der Waals surface area contributed by atoms with E-state index in [1.807, 2.05) is 0 Å². The smallest absolute Gasteiger partial charge is 0.0527 e. The Balaban J connectivity index is 1.97. The van der Waals surface area contributed by atoms with Crippen LogP contribution in [0, 0.1) is 0 Å². The van der Waals surface area contributed by atoms with E-state index in [4.69, 9.17) is 0 Å². The summed E-state index contributed by atoms with van der Waals surface area (Å²) in [7, 11) is 2.24. The third-order valence-electron chi connectivity index (χ3n) is 4.72. The minimum Gasteiger partial charge on any atom is -0.306 e. The molecule has 0 radical (unpaired) electrons. The summed E-state index contributed by atoms with van der Waals surface area (Å²) in [4.78, 5) is 2.46. The van der Waals surface area contributed by atoms with Crippen molar-refractivity contribution in [3.05, 3.63) is 23.4 Å². The average Bonchev–Trinajstić information content (AvgIpc) is 2.69. The molecule has 2 aliphatic heterocycles. The summed E-state index contributed by atoms with van der Waals surface area (Å²) in [6.07, 6.45) is 12.5. The summed E-state index contributed by atoms with van der Waals surface area (Å²) >= 11 is 0. The Bertz CT molecular complexity index is 373. The van der Waals surface area contributed by atoms with Gasteiger partial charge in [0, 0.05) is 25.3 Å². The van der Waals surface area contributed by atoms with Crippen LogP contribution in [0.2, 0.25) is 0 Å². The normalized spacial score (nSPS) is 22.0. The van der Waals surface area contributed by atoms with Gasteiger partial charge in [0.15, 0.2) is 0 Å². The Morgan fingerprint density at radius 2 is 1.90 bits per heavy atom. The van der Waals surface area contributed by atoms with Crippen molar-refractivity contribution in [2.75, 3.05) is 39.8 Å². The summed E-state index contributed by atoms with van der Waals surface area (Å²) in [6.45, 7) is 10.4. The predicted octanol–water partition coefficient (Wildman–Crippen LogP) is 3.66. The number of hydrogen-bond acceptors (Lipinski definition) is 3. The fraction of sp³-hybridized carbons (Fsp3) is 0.778. The van der Waals surface area contributed by atoms with Crippen LogP contribution in [-0.4, -0.2) is 54.7 Å². The molecule has 1 saturated heterocycles. The van der Waals surface area contributed by atoms with Crippen LogP contribution in [0.15, 0.2) is 23.4 Å². The molecule has 0 spiro atoms. The lowest BCUT2D eigenvalue weighted by molar-refractivity contribution is 0.0171. The highest BCUT2D eigenvalue weighted by molar-refractivity contribution is 5.27. The van der Waals surface area contributed by atoms with Crippen molar-refractivity contribution in [3.8, 4) is 0 Å². The predicted molar refractivity (Wildman–Crippen MR) is 91.0 cm³/mol. The van der Waals surface area contributed by atoms with Crippen molar-refractivity contribution in [2.45, 2.75) is 52.4 Å². The Morgan fingerprint density at radius 1 is 1.05 bits per heavy atom. The minimum absolute atomic E-state index is 1.06. The zero-order valence-corrected chi connectivity index (χ0v) is 14.3. The van der Waals surface area contributed by atoms with Crippen LogP contribution < -0.4 is 0 Å². The number of allylic oxidation sites excluding steroid dienone is 3. The summed E-state index contributed by atoms with van der Waals surface area (Å²) in [5.74, 6) is 0. The molecule has 2 heterocycles. The molecule has 2 aliphatic rings. The molecule has 0 bridgehead atoms. The molecule has 2 rings (SSSR count). The first-order chi connectivity index (χ1) is 10.2. The van der Waals surface area contributed by atoms with Crippen LogP contribution in [-0.2, 0) is 0 Å². The number of hydrazine groups is 1. The van der Waals surface area contributed by atoms with Gasteiger partial charge < -0.3 is 9.91 Å². The molecule has 0 aromatic carbocycles. The standard InChI is InChI=1S/C18H33N3/c1-4-5-6-7-11-18-17(2)10-8-14-21(18)20-13-9-12-19(3)15-16-20/h8,10H,4-7,9,11-16H2,1-3H3.